The summed E-state index contributed by atoms with van der Waals surface area (Å²) in [6.45, 7) is 0. The molecule has 4 nitrogen and oxygen atoms in total. The van der Waals surface area contributed by atoms with Crippen LogP contribution in [-0.4, -0.2) is 11.2 Å². The quantitative estimate of drug-likeness (QED) is 0.776. The van der Waals surface area contributed by atoms with Gasteiger partial charge in [0.2, 0.25) is 0 Å². The highest BCUT2D eigenvalue weighted by atomic mass is 16.4. The maximum atomic E-state index is 11.3. The van der Waals surface area contributed by atoms with E-state index in [-0.39, 0.29) is 0 Å². The zero-order chi connectivity index (χ0) is 12.3. The van der Waals surface area contributed by atoms with E-state index in [9.17, 15) is 9.90 Å². The van der Waals surface area contributed by atoms with Crippen molar-refractivity contribution in [1.29, 1.82) is 0 Å². The van der Waals surface area contributed by atoms with Crippen LogP contribution in [0.15, 0.2) is 54.6 Å². The van der Waals surface area contributed by atoms with Gasteiger partial charge in [-0.05, 0) is 24.3 Å². The van der Waals surface area contributed by atoms with Crippen LogP contribution in [0.2, 0.25) is 0 Å². The second-order valence-corrected chi connectivity index (χ2v) is 3.51. The maximum absolute atomic E-state index is 11.3. The number of carbonyl (C=O) groups is 1. The molecule has 0 radical (unpaired) electrons. The second kappa shape index (κ2) is 4.57. The first-order valence-corrected chi connectivity index (χ1v) is 5.13. The fraction of sp³-hybridized carbons (Fsp3) is 0. The molecule has 0 heterocycles. The number of carboxylic acid groups (broad SMARTS) is 1. The van der Waals surface area contributed by atoms with Gasteiger partial charge in [-0.15, -0.1) is 0 Å². The smallest absolute Gasteiger partial charge is 0.416 e. The Morgan fingerprint density at radius 3 is 2.18 bits per heavy atom. The summed E-state index contributed by atoms with van der Waals surface area (Å²) in [6.07, 6.45) is -1.06. The lowest BCUT2D eigenvalue weighted by Gasteiger charge is -2.20. The van der Waals surface area contributed by atoms with Crippen LogP contribution in [0, 0.1) is 0 Å². The van der Waals surface area contributed by atoms with Crippen molar-refractivity contribution < 1.29 is 9.90 Å². The van der Waals surface area contributed by atoms with Crippen molar-refractivity contribution in [3.63, 3.8) is 0 Å². The number of hydrogen-bond donors (Lipinski definition) is 2. The summed E-state index contributed by atoms with van der Waals surface area (Å²) in [5, 5.41) is 9.27. The minimum absolute atomic E-state index is 0.429. The zero-order valence-corrected chi connectivity index (χ0v) is 9.08. The van der Waals surface area contributed by atoms with E-state index in [1.54, 1.807) is 48.5 Å². The summed E-state index contributed by atoms with van der Waals surface area (Å²) in [4.78, 5) is 12.5. The number of nitrogen functional groups attached to an aromatic ring is 1. The molecule has 0 aromatic heterocycles. The molecule has 2 aromatic carbocycles. The number of amides is 1. The Balaban J connectivity index is 2.51. The number of nitrogens with two attached hydrogens (primary N) is 1. The predicted molar refractivity (Wildman–Crippen MR) is 67.5 cm³/mol. The van der Waals surface area contributed by atoms with Gasteiger partial charge in [0, 0.05) is 0 Å². The minimum atomic E-state index is -1.06. The first-order chi connectivity index (χ1) is 8.20. The van der Waals surface area contributed by atoms with E-state index in [0.717, 1.165) is 4.90 Å². The van der Waals surface area contributed by atoms with E-state index in [1.807, 2.05) is 6.07 Å². The van der Waals surface area contributed by atoms with Crippen LogP contribution in [0.3, 0.4) is 0 Å². The van der Waals surface area contributed by atoms with Gasteiger partial charge in [-0.2, -0.15) is 0 Å². The number of para-hydroxylation sites is 3. The minimum Gasteiger partial charge on any atom is -0.464 e. The van der Waals surface area contributed by atoms with Crippen LogP contribution in [0.4, 0.5) is 21.9 Å². The van der Waals surface area contributed by atoms with Gasteiger partial charge in [-0.25, -0.2) is 9.69 Å². The average molecular weight is 228 g/mol. The van der Waals surface area contributed by atoms with Gasteiger partial charge >= 0.3 is 6.09 Å². The summed E-state index contributed by atoms with van der Waals surface area (Å²) in [5.74, 6) is 0. The highest BCUT2D eigenvalue weighted by Crippen LogP contribution is 2.29. The molecule has 3 N–H and O–H groups in total. The number of anilines is 3. The number of hydrogen-bond acceptors (Lipinski definition) is 2. The monoisotopic (exact) mass is 228 g/mol. The summed E-state index contributed by atoms with van der Waals surface area (Å²) in [7, 11) is 0. The molecule has 0 fully saturated rings. The topological polar surface area (TPSA) is 66.6 Å². The molecular weight excluding hydrogens is 216 g/mol. The fourth-order valence-corrected chi connectivity index (χ4v) is 1.62. The molecule has 17 heavy (non-hydrogen) atoms. The van der Waals surface area contributed by atoms with Gasteiger partial charge in [-0.3, -0.25) is 0 Å². The molecule has 0 atom stereocenters. The van der Waals surface area contributed by atoms with Gasteiger partial charge in [0.05, 0.1) is 17.1 Å². The first kappa shape index (κ1) is 11.0. The molecule has 4 heteroatoms. The van der Waals surface area contributed by atoms with Crippen molar-refractivity contribution >= 4 is 23.2 Å². The van der Waals surface area contributed by atoms with Crippen LogP contribution in [0.1, 0.15) is 0 Å². The molecule has 0 bridgehead atoms. The molecule has 0 saturated carbocycles. The maximum Gasteiger partial charge on any atom is 0.416 e. The molecule has 0 aliphatic heterocycles. The van der Waals surface area contributed by atoms with E-state index in [0.29, 0.717) is 17.1 Å². The lowest BCUT2D eigenvalue weighted by molar-refractivity contribution is 0.205. The fourth-order valence-electron chi connectivity index (χ4n) is 1.62. The van der Waals surface area contributed by atoms with Crippen molar-refractivity contribution in [3.05, 3.63) is 54.6 Å². The highest BCUT2D eigenvalue weighted by molar-refractivity contribution is 5.97. The van der Waals surface area contributed by atoms with Gasteiger partial charge in [0.1, 0.15) is 0 Å². The van der Waals surface area contributed by atoms with E-state index < -0.39 is 6.09 Å². The van der Waals surface area contributed by atoms with Crippen LogP contribution in [0.25, 0.3) is 0 Å². The molecular formula is C13H12N2O2. The van der Waals surface area contributed by atoms with Gasteiger partial charge in [-0.1, -0.05) is 30.3 Å². The van der Waals surface area contributed by atoms with Crippen molar-refractivity contribution in [2.45, 2.75) is 0 Å². The largest absolute Gasteiger partial charge is 0.464 e. The van der Waals surface area contributed by atoms with E-state index in [2.05, 4.69) is 0 Å². The molecule has 0 spiro atoms. The lowest BCUT2D eigenvalue weighted by atomic mass is 10.2. The third kappa shape index (κ3) is 2.20. The SMILES string of the molecule is Nc1ccccc1N(C(=O)O)c1ccccc1. The van der Waals surface area contributed by atoms with Gasteiger partial charge in [0.15, 0.2) is 0 Å². The summed E-state index contributed by atoms with van der Waals surface area (Å²) in [5.41, 5.74) is 7.25. The van der Waals surface area contributed by atoms with E-state index in [4.69, 9.17) is 5.73 Å². The standard InChI is InChI=1S/C13H12N2O2/c14-11-8-4-5-9-12(11)15(13(16)17)10-6-2-1-3-7-10/h1-9H,14H2,(H,16,17). The average Bonchev–Trinajstić information content (AvgIpc) is 2.33. The zero-order valence-electron chi connectivity index (χ0n) is 9.08. The molecule has 2 aromatic rings. The van der Waals surface area contributed by atoms with E-state index in [1.165, 1.54) is 0 Å². The molecule has 1 amide bonds. The summed E-state index contributed by atoms with van der Waals surface area (Å²) in [6, 6.07) is 15.7. The Morgan fingerprint density at radius 2 is 1.59 bits per heavy atom. The van der Waals surface area contributed by atoms with Crippen LogP contribution in [-0.2, 0) is 0 Å². The van der Waals surface area contributed by atoms with Crippen molar-refractivity contribution in [2.24, 2.45) is 0 Å². The van der Waals surface area contributed by atoms with Crippen molar-refractivity contribution in [2.75, 3.05) is 10.6 Å². The van der Waals surface area contributed by atoms with Crippen LogP contribution < -0.4 is 10.6 Å². The summed E-state index contributed by atoms with van der Waals surface area (Å²) >= 11 is 0. The predicted octanol–water partition coefficient (Wildman–Crippen LogP) is 3.08. The van der Waals surface area contributed by atoms with Gasteiger partial charge < -0.3 is 10.8 Å². The third-order valence-corrected chi connectivity index (χ3v) is 2.38. The molecule has 2 rings (SSSR count). The summed E-state index contributed by atoms with van der Waals surface area (Å²) < 4.78 is 0. The molecule has 0 saturated heterocycles. The first-order valence-electron chi connectivity index (χ1n) is 5.13. The second-order valence-electron chi connectivity index (χ2n) is 3.51. The van der Waals surface area contributed by atoms with Crippen molar-refractivity contribution in [3.8, 4) is 0 Å². The number of rotatable bonds is 2. The van der Waals surface area contributed by atoms with Crippen LogP contribution >= 0.6 is 0 Å². The highest BCUT2D eigenvalue weighted by Gasteiger charge is 2.18. The molecule has 0 unspecified atom stereocenters. The Kier molecular flexibility index (Phi) is 2.96. The molecule has 0 aliphatic rings. The Morgan fingerprint density at radius 1 is 1.00 bits per heavy atom. The van der Waals surface area contributed by atoms with Crippen LogP contribution in [0.5, 0.6) is 0 Å². The Bertz CT molecular complexity index is 526. The Hall–Kier alpha value is -2.49. The number of benzene rings is 2. The Labute approximate surface area is 98.9 Å². The molecule has 86 valence electrons. The van der Waals surface area contributed by atoms with Gasteiger partial charge in [0.25, 0.3) is 0 Å². The van der Waals surface area contributed by atoms with Crippen molar-refractivity contribution in [1.82, 2.24) is 0 Å². The normalized spacial score (nSPS) is 9.88. The van der Waals surface area contributed by atoms with E-state index >= 15 is 0 Å². The molecule has 0 aliphatic carbocycles. The third-order valence-electron chi connectivity index (χ3n) is 2.38. The number of nitrogens with zero attached hydrogens (tertiary/aromatic N) is 1. The lowest BCUT2D eigenvalue weighted by Crippen LogP contribution is -2.24.